The first kappa shape index (κ1) is 24.6. The first-order valence-corrected chi connectivity index (χ1v) is 12.8. The number of carbonyl (C=O) groups excluding carboxylic acids is 1. The van der Waals surface area contributed by atoms with Crippen LogP contribution in [0.15, 0.2) is 59.6 Å². The van der Waals surface area contributed by atoms with Crippen molar-refractivity contribution in [1.82, 2.24) is 14.7 Å². The molecule has 1 aromatic carbocycles. The van der Waals surface area contributed by atoms with E-state index in [0.717, 1.165) is 17.5 Å². The molecule has 0 bridgehead atoms. The molecular formula is C25H29N5O4S. The fraction of sp³-hybridized carbons (Fsp3) is 0.320. The standard InChI is InChI=1S/C25H29N5O4S/c1-16-13-25(2,3)30(14-16)23-19(10-11-20(28-23)18-8-6-17(15-31)7-9-18)24(32)29-35(33,34)21-5-4-12-27-22(21)26/h4-12,16,31H,13-15H2,1-3H3,(H2,26,27)(H,29,32)/t16-/m0/s1. The number of aliphatic hydroxyl groups is 1. The molecule has 1 saturated heterocycles. The summed E-state index contributed by atoms with van der Waals surface area (Å²) in [6.45, 7) is 6.91. The van der Waals surface area contributed by atoms with Gasteiger partial charge in [-0.2, -0.15) is 0 Å². The van der Waals surface area contributed by atoms with Crippen LogP contribution in [-0.4, -0.2) is 41.5 Å². The molecule has 2 aromatic heterocycles. The summed E-state index contributed by atoms with van der Waals surface area (Å²) in [6.07, 6.45) is 2.27. The van der Waals surface area contributed by atoms with Crippen LogP contribution in [0.25, 0.3) is 11.3 Å². The zero-order valence-electron chi connectivity index (χ0n) is 19.9. The van der Waals surface area contributed by atoms with Crippen LogP contribution in [0.3, 0.4) is 0 Å². The molecule has 0 aliphatic carbocycles. The highest BCUT2D eigenvalue weighted by Gasteiger charge is 2.39. The number of carbonyl (C=O) groups is 1. The molecule has 184 valence electrons. The third kappa shape index (κ3) is 4.98. The highest BCUT2D eigenvalue weighted by molar-refractivity contribution is 7.90. The van der Waals surface area contributed by atoms with E-state index in [4.69, 9.17) is 10.7 Å². The summed E-state index contributed by atoms with van der Waals surface area (Å²) in [4.78, 5) is 23.7. The molecule has 9 nitrogen and oxygen atoms in total. The molecule has 4 N–H and O–H groups in total. The molecule has 1 amide bonds. The average Bonchev–Trinajstić information content (AvgIpc) is 3.10. The van der Waals surface area contributed by atoms with Gasteiger partial charge in [-0.15, -0.1) is 0 Å². The monoisotopic (exact) mass is 495 g/mol. The van der Waals surface area contributed by atoms with E-state index in [1.165, 1.54) is 18.3 Å². The van der Waals surface area contributed by atoms with Gasteiger partial charge in [0.2, 0.25) is 0 Å². The number of rotatable bonds is 6. The predicted molar refractivity (Wildman–Crippen MR) is 134 cm³/mol. The largest absolute Gasteiger partial charge is 0.392 e. The molecule has 1 aliphatic rings. The summed E-state index contributed by atoms with van der Waals surface area (Å²) in [5.41, 5.74) is 7.82. The number of benzene rings is 1. The lowest BCUT2D eigenvalue weighted by molar-refractivity contribution is 0.0981. The fourth-order valence-electron chi connectivity index (χ4n) is 4.59. The molecule has 1 atom stereocenters. The summed E-state index contributed by atoms with van der Waals surface area (Å²) >= 11 is 0. The SMILES string of the molecule is C[C@@H]1CN(c2nc(-c3ccc(CO)cc3)ccc2C(=O)NS(=O)(=O)c2cccnc2N)C(C)(C)C1. The van der Waals surface area contributed by atoms with E-state index in [-0.39, 0.29) is 28.4 Å². The zero-order valence-corrected chi connectivity index (χ0v) is 20.7. The van der Waals surface area contributed by atoms with Crippen LogP contribution in [0, 0.1) is 5.92 Å². The van der Waals surface area contributed by atoms with Gasteiger partial charge >= 0.3 is 0 Å². The number of sulfonamides is 1. The Morgan fingerprint density at radius 2 is 1.91 bits per heavy atom. The number of anilines is 2. The minimum absolute atomic E-state index is 0.0617. The molecule has 0 saturated carbocycles. The second kappa shape index (κ2) is 9.27. The smallest absolute Gasteiger partial charge is 0.268 e. The molecule has 0 unspecified atom stereocenters. The van der Waals surface area contributed by atoms with Gasteiger partial charge in [0, 0.05) is 23.8 Å². The van der Waals surface area contributed by atoms with Gasteiger partial charge in [-0.25, -0.2) is 23.1 Å². The van der Waals surface area contributed by atoms with E-state index in [0.29, 0.717) is 24.0 Å². The highest BCUT2D eigenvalue weighted by Crippen LogP contribution is 2.38. The minimum atomic E-state index is -4.25. The summed E-state index contributed by atoms with van der Waals surface area (Å²) in [7, 11) is -4.25. The molecule has 1 fully saturated rings. The van der Waals surface area contributed by atoms with Crippen molar-refractivity contribution in [1.29, 1.82) is 0 Å². The van der Waals surface area contributed by atoms with Gasteiger partial charge in [-0.1, -0.05) is 31.2 Å². The van der Waals surface area contributed by atoms with Crippen LogP contribution in [0.1, 0.15) is 43.1 Å². The van der Waals surface area contributed by atoms with E-state index in [9.17, 15) is 18.3 Å². The summed E-state index contributed by atoms with van der Waals surface area (Å²) < 4.78 is 27.9. The molecule has 1 aliphatic heterocycles. The number of aromatic nitrogens is 2. The molecule has 10 heteroatoms. The van der Waals surface area contributed by atoms with E-state index in [1.807, 2.05) is 24.3 Å². The van der Waals surface area contributed by atoms with Gasteiger partial charge in [-0.3, -0.25) is 4.79 Å². The maximum absolute atomic E-state index is 13.3. The summed E-state index contributed by atoms with van der Waals surface area (Å²) in [6, 6.07) is 13.3. The van der Waals surface area contributed by atoms with Crippen LogP contribution < -0.4 is 15.4 Å². The quantitative estimate of drug-likeness (QED) is 0.474. The molecule has 0 spiro atoms. The Balaban J connectivity index is 1.77. The Hall–Kier alpha value is -3.50. The van der Waals surface area contributed by atoms with Gasteiger partial charge in [0.25, 0.3) is 15.9 Å². The molecule has 0 radical (unpaired) electrons. The van der Waals surface area contributed by atoms with Gasteiger partial charge in [-0.05, 0) is 56.0 Å². The lowest BCUT2D eigenvalue weighted by atomic mass is 9.97. The molecule has 3 heterocycles. The van der Waals surface area contributed by atoms with Crippen molar-refractivity contribution < 1.29 is 18.3 Å². The maximum atomic E-state index is 13.3. The Bertz CT molecular complexity index is 1360. The van der Waals surface area contributed by atoms with Crippen molar-refractivity contribution in [2.45, 2.75) is 44.2 Å². The lowest BCUT2D eigenvalue weighted by Gasteiger charge is -2.34. The molecular weight excluding hydrogens is 466 g/mol. The van der Waals surface area contributed by atoms with Gasteiger partial charge in [0.05, 0.1) is 17.9 Å². The Kier molecular flexibility index (Phi) is 6.52. The second-order valence-corrected chi connectivity index (χ2v) is 11.1. The number of nitrogens with zero attached hydrogens (tertiary/aromatic N) is 3. The molecule has 35 heavy (non-hydrogen) atoms. The summed E-state index contributed by atoms with van der Waals surface area (Å²) in [5, 5.41) is 9.33. The first-order chi connectivity index (χ1) is 16.5. The topological polar surface area (TPSA) is 139 Å². The average molecular weight is 496 g/mol. The van der Waals surface area contributed by atoms with Crippen molar-refractivity contribution in [3.05, 3.63) is 65.9 Å². The van der Waals surface area contributed by atoms with E-state index in [1.54, 1.807) is 12.1 Å². The van der Waals surface area contributed by atoms with Crippen molar-refractivity contribution in [2.24, 2.45) is 5.92 Å². The third-order valence-corrected chi connectivity index (χ3v) is 7.58. The van der Waals surface area contributed by atoms with Crippen molar-refractivity contribution in [3.63, 3.8) is 0 Å². The van der Waals surface area contributed by atoms with Gasteiger partial charge in [0.1, 0.15) is 16.5 Å². The Labute approximate surface area is 205 Å². The van der Waals surface area contributed by atoms with E-state index in [2.05, 4.69) is 35.4 Å². The third-order valence-electron chi connectivity index (χ3n) is 6.20. The van der Waals surface area contributed by atoms with Crippen LogP contribution in [0.5, 0.6) is 0 Å². The number of nitrogen functional groups attached to an aromatic ring is 1. The van der Waals surface area contributed by atoms with E-state index < -0.39 is 15.9 Å². The van der Waals surface area contributed by atoms with Crippen LogP contribution in [0.2, 0.25) is 0 Å². The Morgan fingerprint density at radius 1 is 1.20 bits per heavy atom. The number of nitrogens with two attached hydrogens (primary N) is 1. The number of pyridine rings is 2. The first-order valence-electron chi connectivity index (χ1n) is 11.3. The highest BCUT2D eigenvalue weighted by atomic mass is 32.2. The van der Waals surface area contributed by atoms with Gasteiger partial charge in [0.15, 0.2) is 0 Å². The normalized spacial score (nSPS) is 17.4. The van der Waals surface area contributed by atoms with Crippen molar-refractivity contribution >= 4 is 27.6 Å². The molecule has 4 rings (SSSR count). The maximum Gasteiger partial charge on any atom is 0.268 e. The molecule has 3 aromatic rings. The number of hydrogen-bond acceptors (Lipinski definition) is 8. The lowest BCUT2D eigenvalue weighted by Crippen LogP contribution is -2.41. The predicted octanol–water partition coefficient (Wildman–Crippen LogP) is 2.96. The van der Waals surface area contributed by atoms with Gasteiger partial charge < -0.3 is 15.7 Å². The van der Waals surface area contributed by atoms with Crippen LogP contribution >= 0.6 is 0 Å². The minimum Gasteiger partial charge on any atom is -0.392 e. The number of hydrogen-bond donors (Lipinski definition) is 3. The van der Waals surface area contributed by atoms with Crippen molar-refractivity contribution in [2.75, 3.05) is 17.2 Å². The zero-order chi connectivity index (χ0) is 25.4. The van der Waals surface area contributed by atoms with E-state index >= 15 is 0 Å². The van der Waals surface area contributed by atoms with Crippen molar-refractivity contribution in [3.8, 4) is 11.3 Å². The number of amides is 1. The van der Waals surface area contributed by atoms with Crippen LogP contribution in [-0.2, 0) is 16.6 Å². The van der Waals surface area contributed by atoms with Crippen LogP contribution in [0.4, 0.5) is 11.6 Å². The Morgan fingerprint density at radius 3 is 2.51 bits per heavy atom. The second-order valence-electron chi connectivity index (χ2n) is 9.48. The summed E-state index contributed by atoms with van der Waals surface area (Å²) in [5.74, 6) is -0.209. The number of nitrogens with one attached hydrogen (secondary N) is 1. The fourth-order valence-corrected chi connectivity index (χ4v) is 5.64. The number of aliphatic hydroxyl groups excluding tert-OH is 1.